The van der Waals surface area contributed by atoms with Crippen molar-refractivity contribution in [3.05, 3.63) is 53.2 Å². The fraction of sp³-hybridized carbons (Fsp3) is 0.133. The van der Waals surface area contributed by atoms with E-state index in [9.17, 15) is 4.79 Å². The molecule has 0 aliphatic carbocycles. The molecule has 0 saturated heterocycles. The van der Waals surface area contributed by atoms with E-state index in [1.807, 2.05) is 32.0 Å². The van der Waals surface area contributed by atoms with E-state index in [0.717, 1.165) is 16.7 Å². The molecule has 5 nitrogen and oxygen atoms in total. The molecular weight excluding hydrogens is 254 g/mol. The first-order chi connectivity index (χ1) is 9.58. The molecule has 100 valence electrons. The molecule has 0 saturated carbocycles. The molecular formula is C15H13N3O2. The largest absolute Gasteiger partial charge is 0.478 e. The Hall–Kier alpha value is -2.69. The number of carbonyl (C=O) groups is 1. The van der Waals surface area contributed by atoms with Crippen LogP contribution in [0.3, 0.4) is 0 Å². The van der Waals surface area contributed by atoms with E-state index in [2.05, 4.69) is 10.2 Å². The van der Waals surface area contributed by atoms with Crippen molar-refractivity contribution >= 4 is 11.6 Å². The van der Waals surface area contributed by atoms with Crippen molar-refractivity contribution in [2.75, 3.05) is 0 Å². The second-order valence-corrected chi connectivity index (χ2v) is 4.72. The van der Waals surface area contributed by atoms with Gasteiger partial charge in [-0.3, -0.25) is 4.40 Å². The molecule has 0 aliphatic heterocycles. The Morgan fingerprint density at radius 2 is 1.95 bits per heavy atom. The van der Waals surface area contributed by atoms with E-state index < -0.39 is 5.97 Å². The first-order valence-corrected chi connectivity index (χ1v) is 6.22. The summed E-state index contributed by atoms with van der Waals surface area (Å²) < 4.78 is 1.71. The molecule has 0 spiro atoms. The summed E-state index contributed by atoms with van der Waals surface area (Å²) in [5.41, 5.74) is 4.07. The molecule has 0 atom stereocenters. The highest BCUT2D eigenvalue weighted by Gasteiger charge is 2.13. The van der Waals surface area contributed by atoms with Crippen molar-refractivity contribution in [1.82, 2.24) is 14.6 Å². The van der Waals surface area contributed by atoms with Crippen molar-refractivity contribution < 1.29 is 9.90 Å². The van der Waals surface area contributed by atoms with Crippen molar-refractivity contribution in [2.45, 2.75) is 13.8 Å². The van der Waals surface area contributed by atoms with Gasteiger partial charge in [-0.1, -0.05) is 18.2 Å². The summed E-state index contributed by atoms with van der Waals surface area (Å²) in [6, 6.07) is 9.14. The van der Waals surface area contributed by atoms with Gasteiger partial charge in [0.15, 0.2) is 11.5 Å². The van der Waals surface area contributed by atoms with Gasteiger partial charge < -0.3 is 5.11 Å². The predicted octanol–water partition coefficient (Wildman–Crippen LogP) is 2.71. The number of nitrogens with zero attached hydrogens (tertiary/aromatic N) is 3. The van der Waals surface area contributed by atoms with Crippen LogP contribution >= 0.6 is 0 Å². The molecule has 1 N–H and O–H groups in total. The topological polar surface area (TPSA) is 67.5 Å². The number of pyridine rings is 1. The molecule has 0 amide bonds. The Bertz CT molecular complexity index is 821. The van der Waals surface area contributed by atoms with Gasteiger partial charge in [0.05, 0.1) is 5.56 Å². The second kappa shape index (κ2) is 4.45. The number of carboxylic acid groups (broad SMARTS) is 1. The zero-order valence-electron chi connectivity index (χ0n) is 11.2. The van der Waals surface area contributed by atoms with E-state index >= 15 is 0 Å². The maximum Gasteiger partial charge on any atom is 0.337 e. The van der Waals surface area contributed by atoms with Crippen LogP contribution in [0.1, 0.15) is 21.5 Å². The molecule has 5 heteroatoms. The first-order valence-electron chi connectivity index (χ1n) is 6.22. The monoisotopic (exact) mass is 267 g/mol. The molecule has 0 fully saturated rings. The summed E-state index contributed by atoms with van der Waals surface area (Å²) in [5, 5.41) is 17.4. The van der Waals surface area contributed by atoms with Crippen LogP contribution in [0.2, 0.25) is 0 Å². The SMILES string of the molecule is Cc1cccc(-c2nnc3ccc(C(=O)O)cn23)c1C. The van der Waals surface area contributed by atoms with Crippen LogP contribution in [0.25, 0.3) is 17.0 Å². The lowest BCUT2D eigenvalue weighted by Crippen LogP contribution is -2.00. The maximum absolute atomic E-state index is 11.1. The predicted molar refractivity (Wildman–Crippen MR) is 74.9 cm³/mol. The van der Waals surface area contributed by atoms with Crippen molar-refractivity contribution in [2.24, 2.45) is 0 Å². The van der Waals surface area contributed by atoms with Gasteiger partial charge in [-0.15, -0.1) is 10.2 Å². The van der Waals surface area contributed by atoms with Crippen LogP contribution in [0, 0.1) is 13.8 Å². The minimum Gasteiger partial charge on any atom is -0.478 e. The van der Waals surface area contributed by atoms with Crippen LogP contribution in [-0.4, -0.2) is 25.7 Å². The third kappa shape index (κ3) is 1.84. The van der Waals surface area contributed by atoms with E-state index in [-0.39, 0.29) is 5.56 Å². The van der Waals surface area contributed by atoms with Crippen LogP contribution in [-0.2, 0) is 0 Å². The number of aromatic nitrogens is 3. The summed E-state index contributed by atoms with van der Waals surface area (Å²) in [6.07, 6.45) is 1.55. The molecule has 2 aromatic heterocycles. The van der Waals surface area contributed by atoms with Crippen LogP contribution in [0.4, 0.5) is 0 Å². The average molecular weight is 267 g/mol. The lowest BCUT2D eigenvalue weighted by atomic mass is 10.0. The number of hydrogen-bond acceptors (Lipinski definition) is 3. The van der Waals surface area contributed by atoms with Gasteiger partial charge in [0, 0.05) is 11.8 Å². The summed E-state index contributed by atoms with van der Waals surface area (Å²) in [7, 11) is 0. The highest BCUT2D eigenvalue weighted by molar-refractivity contribution is 5.87. The van der Waals surface area contributed by atoms with Crippen molar-refractivity contribution in [3.63, 3.8) is 0 Å². The zero-order valence-corrected chi connectivity index (χ0v) is 11.2. The Morgan fingerprint density at radius 1 is 1.15 bits per heavy atom. The first kappa shape index (κ1) is 12.3. The maximum atomic E-state index is 11.1. The van der Waals surface area contributed by atoms with Gasteiger partial charge in [-0.05, 0) is 37.1 Å². The number of carboxylic acids is 1. The summed E-state index contributed by atoms with van der Waals surface area (Å²) >= 11 is 0. The number of aromatic carboxylic acids is 1. The van der Waals surface area contributed by atoms with E-state index in [1.165, 1.54) is 6.07 Å². The van der Waals surface area contributed by atoms with Gasteiger partial charge in [0.1, 0.15) is 0 Å². The van der Waals surface area contributed by atoms with Crippen LogP contribution < -0.4 is 0 Å². The number of rotatable bonds is 2. The third-order valence-corrected chi connectivity index (χ3v) is 3.49. The molecule has 20 heavy (non-hydrogen) atoms. The van der Waals surface area contributed by atoms with Crippen molar-refractivity contribution in [3.8, 4) is 11.4 Å². The number of benzene rings is 1. The smallest absolute Gasteiger partial charge is 0.337 e. The summed E-state index contributed by atoms with van der Waals surface area (Å²) in [6.45, 7) is 4.05. The molecule has 3 aromatic rings. The molecule has 0 unspecified atom stereocenters. The zero-order chi connectivity index (χ0) is 14.3. The Balaban J connectivity index is 2.28. The van der Waals surface area contributed by atoms with Gasteiger partial charge in [-0.2, -0.15) is 0 Å². The molecule has 3 rings (SSSR count). The normalized spacial score (nSPS) is 10.9. The molecule has 0 radical (unpaired) electrons. The Labute approximate surface area is 115 Å². The second-order valence-electron chi connectivity index (χ2n) is 4.72. The lowest BCUT2D eigenvalue weighted by Gasteiger charge is -2.07. The third-order valence-electron chi connectivity index (χ3n) is 3.49. The number of aryl methyl sites for hydroxylation is 1. The molecule has 0 aliphatic rings. The van der Waals surface area contributed by atoms with Gasteiger partial charge in [0.2, 0.25) is 0 Å². The molecule has 2 heterocycles. The van der Waals surface area contributed by atoms with Crippen LogP contribution in [0.5, 0.6) is 0 Å². The quantitative estimate of drug-likeness (QED) is 0.775. The van der Waals surface area contributed by atoms with Gasteiger partial charge in [0.25, 0.3) is 0 Å². The average Bonchev–Trinajstić information content (AvgIpc) is 2.84. The number of hydrogen-bond donors (Lipinski definition) is 1. The fourth-order valence-corrected chi connectivity index (χ4v) is 2.19. The minimum absolute atomic E-state index is 0.212. The Morgan fingerprint density at radius 3 is 2.70 bits per heavy atom. The number of fused-ring (bicyclic) bond motifs is 1. The van der Waals surface area contributed by atoms with Crippen molar-refractivity contribution in [1.29, 1.82) is 0 Å². The van der Waals surface area contributed by atoms with E-state index in [0.29, 0.717) is 11.5 Å². The van der Waals surface area contributed by atoms with E-state index in [4.69, 9.17) is 5.11 Å². The van der Waals surface area contributed by atoms with Gasteiger partial charge in [-0.25, -0.2) is 4.79 Å². The molecule has 1 aromatic carbocycles. The van der Waals surface area contributed by atoms with Crippen LogP contribution in [0.15, 0.2) is 36.5 Å². The minimum atomic E-state index is -0.965. The van der Waals surface area contributed by atoms with Gasteiger partial charge >= 0.3 is 5.97 Å². The molecule has 0 bridgehead atoms. The highest BCUT2D eigenvalue weighted by Crippen LogP contribution is 2.24. The standard InChI is InChI=1S/C15H13N3O2/c1-9-4-3-5-12(10(9)2)14-17-16-13-7-6-11(15(19)20)8-18(13)14/h3-8H,1-2H3,(H,19,20). The van der Waals surface area contributed by atoms with E-state index in [1.54, 1.807) is 16.7 Å². The fourth-order valence-electron chi connectivity index (χ4n) is 2.19. The summed E-state index contributed by atoms with van der Waals surface area (Å²) in [5.74, 6) is -0.309. The highest BCUT2D eigenvalue weighted by atomic mass is 16.4. The summed E-state index contributed by atoms with van der Waals surface area (Å²) in [4.78, 5) is 11.1. The Kier molecular flexibility index (Phi) is 2.75. The lowest BCUT2D eigenvalue weighted by molar-refractivity contribution is 0.0696.